The summed E-state index contributed by atoms with van der Waals surface area (Å²) in [7, 11) is 3.11. The molecule has 2 aromatic carbocycles. The highest BCUT2D eigenvalue weighted by atomic mass is 32.1. The van der Waals surface area contributed by atoms with Crippen LogP contribution in [0.4, 0.5) is 4.39 Å². The third-order valence-corrected chi connectivity index (χ3v) is 4.61. The van der Waals surface area contributed by atoms with Crippen LogP contribution >= 0.6 is 11.3 Å². The number of halogens is 1. The van der Waals surface area contributed by atoms with Crippen molar-refractivity contribution in [3.63, 3.8) is 0 Å². The third kappa shape index (κ3) is 2.98. The number of amides is 1. The first-order valence-electron chi connectivity index (χ1n) is 7.02. The topological polar surface area (TPSA) is 60.7 Å². The Labute approximate surface area is 140 Å². The van der Waals surface area contributed by atoms with Crippen LogP contribution in [0.1, 0.15) is 20.7 Å². The van der Waals surface area contributed by atoms with Crippen LogP contribution in [-0.2, 0) is 11.8 Å². The molecule has 1 heterocycles. The highest BCUT2D eigenvalue weighted by molar-refractivity contribution is 7.16. The highest BCUT2D eigenvalue weighted by Crippen LogP contribution is 2.19. The average molecular weight is 344 g/mol. The van der Waals surface area contributed by atoms with Gasteiger partial charge in [0.1, 0.15) is 5.82 Å². The number of hydrogen-bond donors (Lipinski definition) is 0. The molecule has 0 atom stereocenters. The molecule has 0 bridgehead atoms. The zero-order chi connectivity index (χ0) is 17.3. The van der Waals surface area contributed by atoms with Gasteiger partial charge in [-0.1, -0.05) is 11.3 Å². The molecule has 1 amide bonds. The van der Waals surface area contributed by atoms with Crippen LogP contribution < -0.4 is 4.80 Å². The third-order valence-electron chi connectivity index (χ3n) is 3.52. The molecule has 3 rings (SSSR count). The summed E-state index contributed by atoms with van der Waals surface area (Å²) in [6, 6.07) is 10.4. The van der Waals surface area contributed by atoms with Crippen molar-refractivity contribution in [1.29, 1.82) is 0 Å². The minimum atomic E-state index is -0.453. The van der Waals surface area contributed by atoms with E-state index in [0.717, 1.165) is 10.2 Å². The predicted octanol–water partition coefficient (Wildman–Crippen LogP) is 2.91. The van der Waals surface area contributed by atoms with E-state index < -0.39 is 17.7 Å². The summed E-state index contributed by atoms with van der Waals surface area (Å²) in [5.41, 5.74) is 1.59. The highest BCUT2D eigenvalue weighted by Gasteiger charge is 2.11. The largest absolute Gasteiger partial charge is 0.465 e. The van der Waals surface area contributed by atoms with Gasteiger partial charge in [0.2, 0.25) is 0 Å². The first-order chi connectivity index (χ1) is 11.5. The molecule has 0 aliphatic carbocycles. The summed E-state index contributed by atoms with van der Waals surface area (Å²) >= 11 is 1.29. The molecule has 0 saturated carbocycles. The summed E-state index contributed by atoms with van der Waals surface area (Å²) in [4.78, 5) is 28.4. The van der Waals surface area contributed by atoms with Gasteiger partial charge in [0.25, 0.3) is 5.91 Å². The summed E-state index contributed by atoms with van der Waals surface area (Å²) in [5, 5.41) is 0. The van der Waals surface area contributed by atoms with Gasteiger partial charge < -0.3 is 9.30 Å². The average Bonchev–Trinajstić information content (AvgIpc) is 2.90. The van der Waals surface area contributed by atoms with Gasteiger partial charge in [-0.25, -0.2) is 9.18 Å². The number of esters is 1. The number of hydrogen-bond acceptors (Lipinski definition) is 4. The molecular formula is C17H13FN2O3S. The molecule has 0 spiro atoms. The van der Waals surface area contributed by atoms with Crippen molar-refractivity contribution in [2.24, 2.45) is 12.0 Å². The molecule has 0 aliphatic heterocycles. The van der Waals surface area contributed by atoms with Crippen LogP contribution in [0.5, 0.6) is 0 Å². The van der Waals surface area contributed by atoms with E-state index in [1.807, 2.05) is 0 Å². The van der Waals surface area contributed by atoms with Gasteiger partial charge in [0.05, 0.1) is 22.9 Å². The fourth-order valence-electron chi connectivity index (χ4n) is 2.23. The smallest absolute Gasteiger partial charge is 0.337 e. The number of ether oxygens (including phenoxy) is 1. The fraction of sp³-hybridized carbons (Fsp3) is 0.118. The van der Waals surface area contributed by atoms with Crippen molar-refractivity contribution in [1.82, 2.24) is 4.57 Å². The van der Waals surface area contributed by atoms with Gasteiger partial charge in [-0.2, -0.15) is 4.99 Å². The summed E-state index contributed by atoms with van der Waals surface area (Å²) in [6.07, 6.45) is 0. The van der Waals surface area contributed by atoms with Gasteiger partial charge in [0, 0.05) is 12.6 Å². The lowest BCUT2D eigenvalue weighted by Crippen LogP contribution is -2.13. The zero-order valence-corrected chi connectivity index (χ0v) is 13.8. The van der Waals surface area contributed by atoms with Crippen LogP contribution in [0.25, 0.3) is 10.2 Å². The number of methoxy groups -OCH3 is 1. The summed E-state index contributed by atoms with van der Waals surface area (Å²) in [6.45, 7) is 0. The van der Waals surface area contributed by atoms with Crippen molar-refractivity contribution in [2.75, 3.05) is 7.11 Å². The molecule has 0 radical (unpaired) electrons. The van der Waals surface area contributed by atoms with Crippen molar-refractivity contribution in [2.45, 2.75) is 0 Å². The zero-order valence-electron chi connectivity index (χ0n) is 12.9. The number of aryl methyl sites for hydroxylation is 1. The van der Waals surface area contributed by atoms with E-state index in [9.17, 15) is 14.0 Å². The molecule has 5 nitrogen and oxygen atoms in total. The minimum Gasteiger partial charge on any atom is -0.465 e. The number of fused-ring (bicyclic) bond motifs is 1. The molecule has 0 N–H and O–H groups in total. The van der Waals surface area contributed by atoms with Crippen LogP contribution in [0.3, 0.4) is 0 Å². The standard InChI is InChI=1S/C17H13FN2O3S/c1-20-13-8-5-11(16(22)23-2)9-14(13)24-17(20)19-15(21)10-3-6-12(18)7-4-10/h3-9H,1-2H3. The lowest BCUT2D eigenvalue weighted by molar-refractivity contribution is 0.0601. The Morgan fingerprint density at radius 3 is 2.46 bits per heavy atom. The van der Waals surface area contributed by atoms with E-state index in [1.54, 1.807) is 29.8 Å². The first kappa shape index (κ1) is 16.1. The van der Waals surface area contributed by atoms with Gasteiger partial charge in [-0.3, -0.25) is 4.79 Å². The van der Waals surface area contributed by atoms with E-state index >= 15 is 0 Å². The second-order valence-corrected chi connectivity index (χ2v) is 6.05. The SMILES string of the molecule is COC(=O)c1ccc2c(c1)sc(=NC(=O)c1ccc(F)cc1)n2C. The lowest BCUT2D eigenvalue weighted by Gasteiger charge is -1.99. The van der Waals surface area contributed by atoms with E-state index in [0.29, 0.717) is 15.9 Å². The van der Waals surface area contributed by atoms with Crippen molar-refractivity contribution in [3.05, 3.63) is 64.2 Å². The molecule has 0 unspecified atom stereocenters. The molecule has 122 valence electrons. The Kier molecular flexibility index (Phi) is 4.26. The number of carbonyl (C=O) groups is 2. The Bertz CT molecular complexity index is 1000. The maximum Gasteiger partial charge on any atom is 0.337 e. The molecule has 3 aromatic rings. The van der Waals surface area contributed by atoms with Crippen LogP contribution in [-0.4, -0.2) is 23.6 Å². The quantitative estimate of drug-likeness (QED) is 0.672. The van der Waals surface area contributed by atoms with Gasteiger partial charge in [-0.05, 0) is 42.5 Å². The number of nitrogens with zero attached hydrogens (tertiary/aromatic N) is 2. The van der Waals surface area contributed by atoms with E-state index in [2.05, 4.69) is 4.99 Å². The molecule has 0 aliphatic rings. The molecule has 24 heavy (non-hydrogen) atoms. The van der Waals surface area contributed by atoms with Gasteiger partial charge in [-0.15, -0.1) is 0 Å². The van der Waals surface area contributed by atoms with Gasteiger partial charge >= 0.3 is 5.97 Å². The fourth-order valence-corrected chi connectivity index (χ4v) is 3.29. The number of aromatic nitrogens is 1. The van der Waals surface area contributed by atoms with Crippen LogP contribution in [0.15, 0.2) is 47.5 Å². The predicted molar refractivity (Wildman–Crippen MR) is 88.4 cm³/mol. The maximum absolute atomic E-state index is 12.9. The maximum atomic E-state index is 12.9. The normalized spacial score (nSPS) is 11.7. The van der Waals surface area contributed by atoms with Gasteiger partial charge in [0.15, 0.2) is 4.80 Å². The van der Waals surface area contributed by atoms with E-state index in [1.165, 1.54) is 42.7 Å². The van der Waals surface area contributed by atoms with Crippen LogP contribution in [0.2, 0.25) is 0 Å². The number of benzene rings is 2. The van der Waals surface area contributed by atoms with Crippen molar-refractivity contribution < 1.29 is 18.7 Å². The molecule has 1 aromatic heterocycles. The summed E-state index contributed by atoms with van der Waals surface area (Å²) in [5.74, 6) is -1.28. The monoisotopic (exact) mass is 344 g/mol. The second kappa shape index (κ2) is 6.37. The lowest BCUT2D eigenvalue weighted by atomic mass is 10.2. The molecule has 0 saturated heterocycles. The summed E-state index contributed by atoms with van der Waals surface area (Å²) < 4.78 is 20.2. The minimum absolute atomic E-state index is 0.309. The second-order valence-electron chi connectivity index (χ2n) is 5.04. The van der Waals surface area contributed by atoms with E-state index in [4.69, 9.17) is 4.74 Å². The Balaban J connectivity index is 2.05. The molecule has 0 fully saturated rings. The Morgan fingerprint density at radius 2 is 1.79 bits per heavy atom. The molecular weight excluding hydrogens is 331 g/mol. The number of thiazole rings is 1. The number of carbonyl (C=O) groups excluding carboxylic acids is 2. The first-order valence-corrected chi connectivity index (χ1v) is 7.84. The van der Waals surface area contributed by atoms with Crippen molar-refractivity contribution in [3.8, 4) is 0 Å². The Morgan fingerprint density at radius 1 is 1.12 bits per heavy atom. The van der Waals surface area contributed by atoms with Crippen LogP contribution in [0, 0.1) is 5.82 Å². The Hall–Kier alpha value is -2.80. The van der Waals surface area contributed by atoms with Crippen molar-refractivity contribution >= 4 is 33.4 Å². The van der Waals surface area contributed by atoms with E-state index in [-0.39, 0.29) is 0 Å². The number of rotatable bonds is 2. The molecule has 7 heteroatoms.